The summed E-state index contributed by atoms with van der Waals surface area (Å²) >= 11 is 0. The number of aliphatic hydroxyl groups is 1. The summed E-state index contributed by atoms with van der Waals surface area (Å²) < 4.78 is 35.5. The third-order valence-electron chi connectivity index (χ3n) is 2.50. The van der Waals surface area contributed by atoms with Gasteiger partial charge < -0.3 is 10.0 Å². The molecule has 1 N–H and O–H groups in total. The van der Waals surface area contributed by atoms with Crippen molar-refractivity contribution in [2.45, 2.75) is 30.9 Å². The lowest BCUT2D eigenvalue weighted by Crippen LogP contribution is -2.43. The van der Waals surface area contributed by atoms with Gasteiger partial charge in [-0.05, 0) is 6.40 Å². The Labute approximate surface area is 74.4 Å². The van der Waals surface area contributed by atoms with Gasteiger partial charge in [0.25, 0.3) is 0 Å². The molecule has 2 rings (SSSR count). The quantitative estimate of drug-likeness (QED) is 0.614. The highest BCUT2D eigenvalue weighted by molar-refractivity contribution is 5.80. The second-order valence-electron chi connectivity index (χ2n) is 3.25. The Balaban J connectivity index is 2.45. The number of carbonyl (C=O) groups excluding carboxylic acids is 1. The molecule has 2 aliphatic rings. The van der Waals surface area contributed by atoms with Gasteiger partial charge in [-0.15, -0.1) is 0 Å². The van der Waals surface area contributed by atoms with Gasteiger partial charge in [-0.1, -0.05) is 0 Å². The Hall–Kier alpha value is -0.640. The molecular formula is C8H12FNO2. The standard InChI is InChI=1S/C8H12FNO2/c9-6-3-8(5-11)2-1-7(12)10(8)4-6/h6,11H,1-5H2/t6-,8+/m0/s1/i2D,5D2/t2?,6-,8+. The van der Waals surface area contributed by atoms with E-state index in [-0.39, 0.29) is 19.4 Å². The van der Waals surface area contributed by atoms with Crippen molar-refractivity contribution in [3.63, 3.8) is 0 Å². The summed E-state index contributed by atoms with van der Waals surface area (Å²) in [5.74, 6) is -0.451. The molecule has 1 unspecified atom stereocenters. The SMILES string of the molecule is [2H]C1CC(=O)N2C[C@@H](F)C[C@@]12C([2H])([2H])O. The average molecular weight is 176 g/mol. The number of nitrogens with zero attached hydrogens (tertiary/aromatic N) is 1. The number of halogens is 1. The van der Waals surface area contributed by atoms with E-state index in [1.807, 2.05) is 0 Å². The highest BCUT2D eigenvalue weighted by atomic mass is 19.1. The van der Waals surface area contributed by atoms with Crippen molar-refractivity contribution in [3.8, 4) is 0 Å². The van der Waals surface area contributed by atoms with Gasteiger partial charge in [-0.2, -0.15) is 0 Å². The summed E-state index contributed by atoms with van der Waals surface area (Å²) in [6.45, 7) is -2.94. The van der Waals surface area contributed by atoms with Crippen LogP contribution >= 0.6 is 0 Å². The highest BCUT2D eigenvalue weighted by Gasteiger charge is 2.51. The van der Waals surface area contributed by atoms with Crippen LogP contribution in [0.3, 0.4) is 0 Å². The van der Waals surface area contributed by atoms with E-state index in [2.05, 4.69) is 0 Å². The monoisotopic (exact) mass is 176 g/mol. The zero-order chi connectivity index (χ0) is 11.4. The van der Waals surface area contributed by atoms with Crippen molar-refractivity contribution in [2.24, 2.45) is 0 Å². The van der Waals surface area contributed by atoms with Crippen LogP contribution in [0.1, 0.15) is 23.4 Å². The normalized spacial score (nSPS) is 51.7. The number of alkyl halides is 1. The van der Waals surface area contributed by atoms with Crippen molar-refractivity contribution >= 4 is 5.91 Å². The molecule has 0 aromatic rings. The second kappa shape index (κ2) is 2.42. The maximum Gasteiger partial charge on any atom is 0.223 e. The summed E-state index contributed by atoms with van der Waals surface area (Å²) in [5, 5.41) is 9.44. The first-order valence-electron chi connectivity index (χ1n) is 5.46. The maximum absolute atomic E-state index is 13.2. The highest BCUT2D eigenvalue weighted by Crippen LogP contribution is 2.40. The van der Waals surface area contributed by atoms with E-state index in [1.165, 1.54) is 0 Å². The molecule has 2 fully saturated rings. The smallest absolute Gasteiger partial charge is 0.223 e. The zero-order valence-corrected chi connectivity index (χ0v) is 6.46. The molecule has 2 saturated heterocycles. The van der Waals surface area contributed by atoms with Crippen LogP contribution in [-0.4, -0.2) is 40.7 Å². The molecule has 0 radical (unpaired) electrons. The van der Waals surface area contributed by atoms with E-state index in [0.29, 0.717) is 0 Å². The van der Waals surface area contributed by atoms with Crippen LogP contribution < -0.4 is 0 Å². The van der Waals surface area contributed by atoms with Crippen LogP contribution in [0.15, 0.2) is 0 Å². The minimum Gasteiger partial charge on any atom is -0.394 e. The number of fused-ring (bicyclic) bond motifs is 1. The fraction of sp³-hybridized carbons (Fsp3) is 0.875. The minimum absolute atomic E-state index is 0.146. The Morgan fingerprint density at radius 1 is 2.00 bits per heavy atom. The summed E-state index contributed by atoms with van der Waals surface area (Å²) in [7, 11) is 0. The first-order chi connectivity index (χ1) is 6.79. The van der Waals surface area contributed by atoms with Gasteiger partial charge in [-0.25, -0.2) is 4.39 Å². The molecule has 3 atom stereocenters. The molecule has 0 saturated carbocycles. The Bertz CT molecular complexity index is 309. The first-order valence-corrected chi connectivity index (χ1v) is 3.88. The third kappa shape index (κ3) is 0.874. The molecule has 2 heterocycles. The van der Waals surface area contributed by atoms with E-state index in [4.69, 9.17) is 4.11 Å². The van der Waals surface area contributed by atoms with Crippen LogP contribution in [0, 0.1) is 0 Å². The number of carbonyl (C=O) groups is 1. The topological polar surface area (TPSA) is 40.5 Å². The minimum atomic E-state index is -2.73. The van der Waals surface area contributed by atoms with E-state index in [1.54, 1.807) is 0 Å². The molecule has 4 heteroatoms. The molecule has 68 valence electrons. The van der Waals surface area contributed by atoms with Crippen molar-refractivity contribution in [1.82, 2.24) is 4.90 Å². The van der Waals surface area contributed by atoms with E-state index < -0.39 is 30.6 Å². The summed E-state index contributed by atoms with van der Waals surface area (Å²) in [6, 6.07) is 0. The van der Waals surface area contributed by atoms with Gasteiger partial charge in [0.05, 0.1) is 21.4 Å². The first kappa shape index (κ1) is 5.17. The zero-order valence-electron chi connectivity index (χ0n) is 9.46. The van der Waals surface area contributed by atoms with Crippen LogP contribution in [-0.2, 0) is 4.79 Å². The van der Waals surface area contributed by atoms with Crippen molar-refractivity contribution in [2.75, 3.05) is 13.1 Å². The lowest BCUT2D eigenvalue weighted by Gasteiger charge is -2.28. The largest absolute Gasteiger partial charge is 0.394 e. The Morgan fingerprint density at radius 2 is 2.75 bits per heavy atom. The Kier molecular flexibility index (Phi) is 1.04. The predicted octanol–water partition coefficient (Wildman–Crippen LogP) is 0.0817. The van der Waals surface area contributed by atoms with Crippen LogP contribution in [0.25, 0.3) is 0 Å². The fourth-order valence-corrected chi connectivity index (χ4v) is 1.91. The van der Waals surface area contributed by atoms with Crippen LogP contribution in [0.2, 0.25) is 0 Å². The molecule has 0 aromatic carbocycles. The molecule has 0 aromatic heterocycles. The van der Waals surface area contributed by atoms with Gasteiger partial charge in [-0.3, -0.25) is 4.79 Å². The lowest BCUT2D eigenvalue weighted by atomic mass is 9.95. The second-order valence-corrected chi connectivity index (χ2v) is 3.25. The van der Waals surface area contributed by atoms with E-state index in [0.717, 1.165) is 4.90 Å². The van der Waals surface area contributed by atoms with Crippen LogP contribution in [0.4, 0.5) is 4.39 Å². The van der Waals surface area contributed by atoms with Gasteiger partial charge in [0.15, 0.2) is 0 Å². The van der Waals surface area contributed by atoms with Crippen molar-refractivity contribution in [1.29, 1.82) is 0 Å². The van der Waals surface area contributed by atoms with Gasteiger partial charge in [0.1, 0.15) is 6.17 Å². The number of amides is 1. The number of hydrogen-bond acceptors (Lipinski definition) is 2. The third-order valence-corrected chi connectivity index (χ3v) is 2.50. The molecule has 1 amide bonds. The number of hydrogen-bond donors (Lipinski definition) is 1. The molecule has 2 aliphatic heterocycles. The maximum atomic E-state index is 13.2. The van der Waals surface area contributed by atoms with Gasteiger partial charge in [0.2, 0.25) is 5.91 Å². The summed E-state index contributed by atoms with van der Waals surface area (Å²) in [6.07, 6.45) is -2.90. The van der Waals surface area contributed by atoms with E-state index in [9.17, 15) is 14.3 Å². The van der Waals surface area contributed by atoms with Crippen molar-refractivity contribution in [3.05, 3.63) is 0 Å². The summed E-state index contributed by atoms with van der Waals surface area (Å²) in [4.78, 5) is 12.4. The summed E-state index contributed by atoms with van der Waals surface area (Å²) in [5.41, 5.74) is -1.69. The Morgan fingerprint density at radius 3 is 3.33 bits per heavy atom. The molecule has 0 bridgehead atoms. The predicted molar refractivity (Wildman–Crippen MR) is 40.3 cm³/mol. The lowest BCUT2D eigenvalue weighted by molar-refractivity contribution is -0.130. The van der Waals surface area contributed by atoms with Gasteiger partial charge >= 0.3 is 0 Å². The van der Waals surface area contributed by atoms with Gasteiger partial charge in [0, 0.05) is 14.2 Å². The molecule has 0 aliphatic carbocycles. The van der Waals surface area contributed by atoms with Crippen molar-refractivity contribution < 1.29 is 18.4 Å². The molecule has 3 nitrogen and oxygen atoms in total. The average Bonchev–Trinajstić information content (AvgIpc) is 2.51. The fourth-order valence-electron chi connectivity index (χ4n) is 1.91. The number of rotatable bonds is 1. The molecule has 12 heavy (non-hydrogen) atoms. The molecular weight excluding hydrogens is 161 g/mol. The van der Waals surface area contributed by atoms with Crippen LogP contribution in [0.5, 0.6) is 0 Å². The molecule has 0 spiro atoms. The van der Waals surface area contributed by atoms with E-state index >= 15 is 0 Å².